The van der Waals surface area contributed by atoms with E-state index in [1.165, 1.54) is 10.8 Å². The van der Waals surface area contributed by atoms with Crippen molar-refractivity contribution in [3.63, 3.8) is 0 Å². The van der Waals surface area contributed by atoms with Crippen molar-refractivity contribution in [1.29, 1.82) is 0 Å². The molecule has 1 aliphatic heterocycles. The summed E-state index contributed by atoms with van der Waals surface area (Å²) in [5.74, 6) is 0. The van der Waals surface area contributed by atoms with Crippen molar-refractivity contribution in [2.45, 2.75) is 6.42 Å². The molecule has 3 rings (SSSR count). The van der Waals surface area contributed by atoms with Gasteiger partial charge in [0.2, 0.25) is 0 Å². The summed E-state index contributed by atoms with van der Waals surface area (Å²) in [5, 5.41) is 2.66. The van der Waals surface area contributed by atoms with Crippen LogP contribution in [0.1, 0.15) is 6.42 Å². The van der Waals surface area contributed by atoms with Crippen LogP contribution in [0.2, 0.25) is 0 Å². The molecule has 1 aliphatic rings. The molecule has 0 amide bonds. The van der Waals surface area contributed by atoms with E-state index < -0.39 is 0 Å². The molecule has 1 heterocycles. The molecule has 86 valence electrons. The molecule has 0 radical (unpaired) electrons. The summed E-state index contributed by atoms with van der Waals surface area (Å²) in [6, 6.07) is 14.7. The molecule has 0 aromatic heterocycles. The van der Waals surface area contributed by atoms with Gasteiger partial charge in [-0.3, -0.25) is 0 Å². The summed E-state index contributed by atoms with van der Waals surface area (Å²) in [4.78, 5) is 3.90. The number of nitrogens with zero attached hydrogens (tertiary/aromatic N) is 1. The van der Waals surface area contributed by atoms with Gasteiger partial charge in [-0.15, -0.1) is 29.7 Å². The second kappa shape index (κ2) is 11.1. The van der Waals surface area contributed by atoms with Crippen molar-refractivity contribution in [3.8, 4) is 0 Å². The van der Waals surface area contributed by atoms with Crippen molar-refractivity contribution >= 4 is 17.8 Å². The van der Waals surface area contributed by atoms with E-state index in [0.29, 0.717) is 0 Å². The summed E-state index contributed by atoms with van der Waals surface area (Å²) in [6.45, 7) is 1.01. The maximum atomic E-state index is 3.90. The van der Waals surface area contributed by atoms with Crippen molar-refractivity contribution in [2.75, 3.05) is 6.54 Å². The zero-order valence-corrected chi connectivity index (χ0v) is 13.3. The summed E-state index contributed by atoms with van der Waals surface area (Å²) in [5.41, 5.74) is 0. The number of hydrogen-bond donors (Lipinski definition) is 0. The van der Waals surface area contributed by atoms with Crippen LogP contribution in [-0.4, -0.2) is 13.6 Å². The van der Waals surface area contributed by atoms with E-state index in [9.17, 15) is 0 Å². The quantitative estimate of drug-likeness (QED) is 0.357. The molecule has 0 unspecified atom stereocenters. The van der Waals surface area contributed by atoms with Gasteiger partial charge in [0, 0.05) is 0 Å². The van der Waals surface area contributed by atoms with Crippen molar-refractivity contribution < 1.29 is 51.0 Å². The van der Waals surface area contributed by atoms with Crippen molar-refractivity contribution in [1.82, 2.24) is 0 Å². The SMILES string of the molecule is B1=NCC[CH-]1.[Cl-].[Cl-].[Zr+4].c1ccc2[cH-]ccc2c1. The van der Waals surface area contributed by atoms with Gasteiger partial charge in [0.05, 0.1) is 0 Å². The minimum absolute atomic E-state index is 0. The Labute approximate surface area is 135 Å². The van der Waals surface area contributed by atoms with Crippen molar-refractivity contribution in [2.24, 2.45) is 4.90 Å². The molecule has 0 spiro atoms. The monoisotopic (exact) mass is 341 g/mol. The Balaban J connectivity index is 0. The number of halogens is 2. The van der Waals surface area contributed by atoms with Gasteiger partial charge in [-0.2, -0.15) is 17.5 Å². The summed E-state index contributed by atoms with van der Waals surface area (Å²) >= 11 is 0. The number of fused-ring (bicyclic) bond motifs is 1. The van der Waals surface area contributed by atoms with E-state index in [-0.39, 0.29) is 51.0 Å². The first kappa shape index (κ1) is 19.4. The van der Waals surface area contributed by atoms with Crippen LogP contribution in [0.3, 0.4) is 0 Å². The average Bonchev–Trinajstić information content (AvgIpc) is 2.92. The zero-order chi connectivity index (χ0) is 9.64. The number of rotatable bonds is 0. The van der Waals surface area contributed by atoms with Crippen LogP contribution in [0.5, 0.6) is 0 Å². The molecule has 0 saturated heterocycles. The third kappa shape index (κ3) is 6.50. The second-order valence-corrected chi connectivity index (χ2v) is 3.23. The predicted octanol–water partition coefficient (Wildman–Crippen LogP) is -3.00. The van der Waals surface area contributed by atoms with Gasteiger partial charge in [0.15, 0.2) is 0 Å². The minimum Gasteiger partial charge on any atom is -1.00 e. The van der Waals surface area contributed by atoms with Crippen LogP contribution in [0, 0.1) is 6.32 Å². The molecule has 17 heavy (non-hydrogen) atoms. The van der Waals surface area contributed by atoms with Gasteiger partial charge in [-0.25, -0.2) is 0 Å². The summed E-state index contributed by atoms with van der Waals surface area (Å²) < 4.78 is 0. The van der Waals surface area contributed by atoms with Crippen LogP contribution in [-0.2, 0) is 26.2 Å². The van der Waals surface area contributed by atoms with Crippen LogP contribution < -0.4 is 24.8 Å². The summed E-state index contributed by atoms with van der Waals surface area (Å²) in [6.07, 6.45) is 3.22. The van der Waals surface area contributed by atoms with Gasteiger partial charge < -0.3 is 24.8 Å². The Morgan fingerprint density at radius 2 is 1.88 bits per heavy atom. The van der Waals surface area contributed by atoms with E-state index in [4.69, 9.17) is 0 Å². The third-order valence-corrected chi connectivity index (χ3v) is 2.18. The Hall–Kier alpha value is 0.0281. The minimum atomic E-state index is 0. The maximum Gasteiger partial charge on any atom is 4.00 e. The second-order valence-electron chi connectivity index (χ2n) is 3.23. The normalized spacial score (nSPS) is 10.6. The number of hydrogen-bond acceptors (Lipinski definition) is 1. The van der Waals surface area contributed by atoms with E-state index in [0.717, 1.165) is 13.0 Å². The first-order chi connectivity index (χ1) is 6.97. The van der Waals surface area contributed by atoms with Gasteiger partial charge in [-0.1, -0.05) is 6.07 Å². The fraction of sp³-hybridized carbons (Fsp3) is 0.167. The molecule has 2 aromatic carbocycles. The van der Waals surface area contributed by atoms with Crippen LogP contribution in [0.25, 0.3) is 10.8 Å². The maximum absolute atomic E-state index is 3.90. The van der Waals surface area contributed by atoms with Gasteiger partial charge in [-0.05, 0) is 0 Å². The molecule has 0 fully saturated rings. The first-order valence-electron chi connectivity index (χ1n) is 4.89. The molecule has 2 aromatic rings. The number of benzene rings is 1. The smallest absolute Gasteiger partial charge is 1.00 e. The molecule has 0 bridgehead atoms. The molecule has 0 atom stereocenters. The largest absolute Gasteiger partial charge is 4.00 e. The Morgan fingerprint density at radius 1 is 1.12 bits per heavy atom. The summed E-state index contributed by atoms with van der Waals surface area (Å²) in [7, 11) is 1.86. The molecule has 1 nitrogen and oxygen atoms in total. The van der Waals surface area contributed by atoms with Gasteiger partial charge in [0.25, 0.3) is 0 Å². The third-order valence-electron chi connectivity index (χ3n) is 2.18. The fourth-order valence-corrected chi connectivity index (χ4v) is 1.44. The van der Waals surface area contributed by atoms with E-state index in [2.05, 4.69) is 53.7 Å². The molecule has 0 saturated carbocycles. The first-order valence-corrected chi connectivity index (χ1v) is 4.89. The Morgan fingerprint density at radius 3 is 2.41 bits per heavy atom. The molecular formula is C12H12BCl2NZr. The fourth-order valence-electron chi connectivity index (χ4n) is 1.44. The topological polar surface area (TPSA) is 12.4 Å². The van der Waals surface area contributed by atoms with Crippen molar-refractivity contribution in [3.05, 3.63) is 48.8 Å². The van der Waals surface area contributed by atoms with Crippen LogP contribution >= 0.6 is 0 Å². The predicted molar refractivity (Wildman–Crippen MR) is 61.5 cm³/mol. The Bertz CT molecular complexity index is 395. The van der Waals surface area contributed by atoms with E-state index >= 15 is 0 Å². The van der Waals surface area contributed by atoms with Crippen LogP contribution in [0.15, 0.2) is 47.4 Å². The Kier molecular flexibility index (Phi) is 12.7. The molecule has 0 aliphatic carbocycles. The molecular weight excluding hydrogens is 331 g/mol. The zero-order valence-electron chi connectivity index (χ0n) is 9.31. The average molecular weight is 343 g/mol. The van der Waals surface area contributed by atoms with E-state index in [1.807, 2.05) is 7.07 Å². The van der Waals surface area contributed by atoms with E-state index in [1.54, 1.807) is 0 Å². The van der Waals surface area contributed by atoms with Crippen LogP contribution in [0.4, 0.5) is 0 Å². The van der Waals surface area contributed by atoms with Gasteiger partial charge >= 0.3 is 57.5 Å². The molecule has 5 heteroatoms. The van der Waals surface area contributed by atoms with Gasteiger partial charge in [0.1, 0.15) is 0 Å². The molecule has 0 N–H and O–H groups in total. The standard InChI is InChI=1S/C9H7.C3H5BN.2ClH.Zr/c1-2-5-9-7-3-6-8(9)4-1;1-2-4-5-3-1;;;/h1-7H;2H,1,3H2;2*1H;/q2*-1;;;+4/p-2.